The quantitative estimate of drug-likeness (QED) is 0.493. The number of benzene rings is 1. The number of aryl methyl sites for hydroxylation is 2. The number of carbonyl (C=O) groups is 1. The molecular weight excluding hydrogens is 412 g/mol. The van der Waals surface area contributed by atoms with Crippen LogP contribution in [0.25, 0.3) is 22.4 Å². The van der Waals surface area contributed by atoms with Crippen molar-refractivity contribution in [3.63, 3.8) is 0 Å². The van der Waals surface area contributed by atoms with Crippen LogP contribution in [0.2, 0.25) is 0 Å². The molecule has 0 radical (unpaired) electrons. The molecule has 4 aromatic rings. The molecule has 0 unspecified atom stereocenters. The molecule has 7 nitrogen and oxygen atoms in total. The van der Waals surface area contributed by atoms with E-state index in [0.29, 0.717) is 22.5 Å². The first-order valence-electron chi connectivity index (χ1n) is 10.5. The summed E-state index contributed by atoms with van der Waals surface area (Å²) in [7, 11) is 0. The highest BCUT2D eigenvalue weighted by molar-refractivity contribution is 5.97. The molecule has 0 aliphatic heterocycles. The smallest absolute Gasteiger partial charge is 0.251 e. The van der Waals surface area contributed by atoms with Crippen molar-refractivity contribution in [1.82, 2.24) is 25.3 Å². The molecule has 33 heavy (non-hydrogen) atoms. The summed E-state index contributed by atoms with van der Waals surface area (Å²) >= 11 is 0. The first-order chi connectivity index (χ1) is 15.9. The van der Waals surface area contributed by atoms with E-state index >= 15 is 0 Å². The van der Waals surface area contributed by atoms with Crippen LogP contribution < -0.4 is 5.32 Å². The van der Waals surface area contributed by atoms with Gasteiger partial charge in [-0.15, -0.1) is 0 Å². The van der Waals surface area contributed by atoms with Crippen molar-refractivity contribution < 1.29 is 4.79 Å². The monoisotopic (exact) mass is 434 g/mol. The van der Waals surface area contributed by atoms with E-state index in [4.69, 9.17) is 0 Å². The lowest BCUT2D eigenvalue weighted by Gasteiger charge is -2.15. The molecule has 1 aromatic carbocycles. The highest BCUT2D eigenvalue weighted by atomic mass is 16.1. The number of amides is 1. The topological polar surface area (TPSA) is 104 Å². The number of hydrogen-bond acceptors (Lipinski definition) is 6. The summed E-state index contributed by atoms with van der Waals surface area (Å²) in [5, 5.41) is 12.6. The molecule has 3 aromatic heterocycles. The third-order valence-electron chi connectivity index (χ3n) is 5.30. The summed E-state index contributed by atoms with van der Waals surface area (Å²) in [5.41, 5.74) is 5.67. The Kier molecular flexibility index (Phi) is 6.18. The number of aromatic nitrogens is 4. The molecule has 7 heteroatoms. The number of carbonyl (C=O) groups excluding carboxylic acids is 1. The van der Waals surface area contributed by atoms with Gasteiger partial charge in [-0.1, -0.05) is 6.07 Å². The lowest BCUT2D eigenvalue weighted by molar-refractivity contribution is 0.0940. The van der Waals surface area contributed by atoms with Gasteiger partial charge in [-0.2, -0.15) is 5.26 Å². The van der Waals surface area contributed by atoms with Gasteiger partial charge in [0.05, 0.1) is 23.4 Å². The van der Waals surface area contributed by atoms with E-state index in [1.807, 2.05) is 39.0 Å². The highest BCUT2D eigenvalue weighted by Gasteiger charge is 2.16. The molecule has 3 heterocycles. The SMILES string of the molecule is Cc1ccc(-c2cc(C(=O)N[C@H](C)c3cnc(C)nc3)cc(-c3cnccc3C#N)c2)nc1. The molecule has 0 saturated carbocycles. The minimum absolute atomic E-state index is 0.249. The Morgan fingerprint density at radius 3 is 2.42 bits per heavy atom. The molecule has 4 rings (SSSR count). The van der Waals surface area contributed by atoms with Gasteiger partial charge >= 0.3 is 0 Å². The van der Waals surface area contributed by atoms with Crippen LogP contribution >= 0.6 is 0 Å². The van der Waals surface area contributed by atoms with Gasteiger partial charge in [0.2, 0.25) is 0 Å². The van der Waals surface area contributed by atoms with E-state index in [9.17, 15) is 10.1 Å². The standard InChI is InChI=1S/C26H22N6O/c1-16-4-5-25(31-12-16)21-8-20(24-15-28-7-6-19(24)11-27)9-22(10-21)26(33)32-17(2)23-13-29-18(3)30-14-23/h4-10,12-15,17H,1-3H3,(H,32,33)/t17-/m1/s1. The van der Waals surface area contributed by atoms with Crippen molar-refractivity contribution in [3.05, 3.63) is 95.5 Å². The van der Waals surface area contributed by atoms with Crippen LogP contribution in [0.1, 0.15) is 45.8 Å². The van der Waals surface area contributed by atoms with E-state index in [-0.39, 0.29) is 11.9 Å². The predicted molar refractivity (Wildman–Crippen MR) is 125 cm³/mol. The van der Waals surface area contributed by atoms with E-state index in [1.54, 1.807) is 49.2 Å². The summed E-state index contributed by atoms with van der Waals surface area (Å²) in [6.45, 7) is 5.66. The Labute approximate surface area is 192 Å². The van der Waals surface area contributed by atoms with Crippen LogP contribution in [-0.2, 0) is 0 Å². The zero-order chi connectivity index (χ0) is 23.4. The number of nitriles is 1. The molecule has 1 amide bonds. The Morgan fingerprint density at radius 1 is 0.970 bits per heavy atom. The maximum absolute atomic E-state index is 13.2. The molecular formula is C26H22N6O. The third-order valence-corrected chi connectivity index (χ3v) is 5.30. The van der Waals surface area contributed by atoms with Crippen LogP contribution in [0.3, 0.4) is 0 Å². The average molecular weight is 435 g/mol. The van der Waals surface area contributed by atoms with Crippen molar-refractivity contribution in [2.75, 3.05) is 0 Å². The van der Waals surface area contributed by atoms with Crippen molar-refractivity contribution in [2.45, 2.75) is 26.8 Å². The van der Waals surface area contributed by atoms with Crippen LogP contribution in [-0.4, -0.2) is 25.8 Å². The van der Waals surface area contributed by atoms with Crippen LogP contribution in [0, 0.1) is 25.2 Å². The first-order valence-corrected chi connectivity index (χ1v) is 10.5. The number of pyridine rings is 2. The maximum atomic E-state index is 13.2. The second-order valence-electron chi connectivity index (χ2n) is 7.81. The molecule has 1 atom stereocenters. The largest absolute Gasteiger partial charge is 0.345 e. The van der Waals surface area contributed by atoms with Crippen LogP contribution in [0.4, 0.5) is 0 Å². The summed E-state index contributed by atoms with van der Waals surface area (Å²) in [4.78, 5) is 30.3. The molecule has 0 aliphatic carbocycles. The summed E-state index contributed by atoms with van der Waals surface area (Å²) in [6, 6.07) is 12.9. The first kappa shape index (κ1) is 21.8. The molecule has 0 spiro atoms. The third kappa shape index (κ3) is 4.91. The normalized spacial score (nSPS) is 11.5. The second kappa shape index (κ2) is 9.37. The Morgan fingerprint density at radius 2 is 1.73 bits per heavy atom. The molecule has 0 saturated heterocycles. The van der Waals surface area contributed by atoms with Gasteiger partial charge in [-0.3, -0.25) is 14.8 Å². The van der Waals surface area contributed by atoms with Gasteiger partial charge in [-0.05, 0) is 62.2 Å². The average Bonchev–Trinajstić information content (AvgIpc) is 2.84. The fourth-order valence-electron chi connectivity index (χ4n) is 3.41. The Hall–Kier alpha value is -4.44. The van der Waals surface area contributed by atoms with Gasteiger partial charge in [0.25, 0.3) is 5.91 Å². The van der Waals surface area contributed by atoms with Crippen molar-refractivity contribution in [1.29, 1.82) is 5.26 Å². The number of rotatable bonds is 5. The zero-order valence-electron chi connectivity index (χ0n) is 18.6. The maximum Gasteiger partial charge on any atom is 0.251 e. The fraction of sp³-hybridized carbons (Fsp3) is 0.154. The minimum Gasteiger partial charge on any atom is -0.345 e. The summed E-state index contributed by atoms with van der Waals surface area (Å²) in [5.74, 6) is 0.422. The van der Waals surface area contributed by atoms with Gasteiger partial charge in [0.15, 0.2) is 0 Å². The van der Waals surface area contributed by atoms with Crippen LogP contribution in [0.15, 0.2) is 67.4 Å². The highest BCUT2D eigenvalue weighted by Crippen LogP contribution is 2.29. The fourth-order valence-corrected chi connectivity index (χ4v) is 3.41. The minimum atomic E-state index is -0.282. The lowest BCUT2D eigenvalue weighted by atomic mass is 9.96. The number of hydrogen-bond donors (Lipinski definition) is 1. The van der Waals surface area contributed by atoms with Crippen molar-refractivity contribution >= 4 is 5.91 Å². The van der Waals surface area contributed by atoms with E-state index in [1.165, 1.54) is 0 Å². The second-order valence-corrected chi connectivity index (χ2v) is 7.81. The van der Waals surface area contributed by atoms with Gasteiger partial charge < -0.3 is 5.32 Å². The van der Waals surface area contributed by atoms with Gasteiger partial charge in [-0.25, -0.2) is 9.97 Å². The van der Waals surface area contributed by atoms with Gasteiger partial charge in [0.1, 0.15) is 5.82 Å². The van der Waals surface area contributed by atoms with E-state index < -0.39 is 0 Å². The van der Waals surface area contributed by atoms with Gasteiger partial charge in [0, 0.05) is 53.2 Å². The Bertz CT molecular complexity index is 1340. The lowest BCUT2D eigenvalue weighted by Crippen LogP contribution is -2.27. The van der Waals surface area contributed by atoms with Crippen molar-refractivity contribution in [2.24, 2.45) is 0 Å². The van der Waals surface area contributed by atoms with Crippen LogP contribution in [0.5, 0.6) is 0 Å². The number of nitrogens with one attached hydrogen (secondary N) is 1. The molecule has 0 bridgehead atoms. The van der Waals surface area contributed by atoms with E-state index in [0.717, 1.165) is 27.9 Å². The van der Waals surface area contributed by atoms with Crippen molar-refractivity contribution in [3.8, 4) is 28.5 Å². The zero-order valence-corrected chi connectivity index (χ0v) is 18.6. The summed E-state index contributed by atoms with van der Waals surface area (Å²) < 4.78 is 0. The molecule has 162 valence electrons. The number of nitrogens with zero attached hydrogens (tertiary/aromatic N) is 5. The summed E-state index contributed by atoms with van der Waals surface area (Å²) in [6.07, 6.45) is 8.41. The predicted octanol–water partition coefficient (Wildman–Crippen LogP) is 4.58. The molecule has 0 fully saturated rings. The molecule has 0 aliphatic rings. The Balaban J connectivity index is 1.75. The molecule has 1 N–H and O–H groups in total. The van der Waals surface area contributed by atoms with E-state index in [2.05, 4.69) is 31.3 Å².